The maximum Gasteiger partial charge on any atom is 0.391 e. The Hall–Kier alpha value is -1.89. The van der Waals surface area contributed by atoms with Crippen molar-refractivity contribution in [2.24, 2.45) is 5.92 Å². The van der Waals surface area contributed by atoms with Crippen LogP contribution in [0.3, 0.4) is 0 Å². The minimum atomic E-state index is -4.08. The molecule has 1 aliphatic carbocycles. The van der Waals surface area contributed by atoms with Crippen LogP contribution in [0.25, 0.3) is 5.82 Å². The van der Waals surface area contributed by atoms with Gasteiger partial charge in [-0.3, -0.25) is 4.57 Å². The Balaban J connectivity index is 1.56. The van der Waals surface area contributed by atoms with Gasteiger partial charge < -0.3 is 5.32 Å². The van der Waals surface area contributed by atoms with Crippen LogP contribution in [0.2, 0.25) is 0 Å². The molecule has 0 amide bonds. The zero-order valence-electron chi connectivity index (χ0n) is 13.6. The summed E-state index contributed by atoms with van der Waals surface area (Å²) in [5.41, 5.74) is 0.964. The van der Waals surface area contributed by atoms with Gasteiger partial charge >= 0.3 is 6.18 Å². The second-order valence-electron chi connectivity index (χ2n) is 6.35. The molecule has 0 bridgehead atoms. The number of alkyl halides is 3. The average molecular weight is 338 g/mol. The lowest BCUT2D eigenvalue weighted by molar-refractivity contribution is -0.183. The lowest BCUT2D eigenvalue weighted by Crippen LogP contribution is -2.38. The van der Waals surface area contributed by atoms with Crippen LogP contribution in [0.4, 0.5) is 13.2 Å². The third kappa shape index (κ3) is 3.95. The van der Waals surface area contributed by atoms with Crippen molar-refractivity contribution >= 4 is 0 Å². The molecule has 1 aliphatic rings. The van der Waals surface area contributed by atoms with Crippen molar-refractivity contribution in [1.82, 2.24) is 19.9 Å². The molecule has 0 aliphatic heterocycles. The van der Waals surface area contributed by atoms with E-state index in [9.17, 15) is 13.2 Å². The third-order valence-corrected chi connectivity index (χ3v) is 4.61. The fourth-order valence-electron chi connectivity index (χ4n) is 3.22. The Kier molecular flexibility index (Phi) is 4.89. The summed E-state index contributed by atoms with van der Waals surface area (Å²) >= 11 is 0. The summed E-state index contributed by atoms with van der Waals surface area (Å²) in [5.74, 6) is 0.464. The number of hydrogen-bond donors (Lipinski definition) is 1. The highest BCUT2D eigenvalue weighted by atomic mass is 19.4. The van der Waals surface area contributed by atoms with Gasteiger partial charge in [0.15, 0.2) is 0 Å². The Morgan fingerprint density at radius 1 is 1.25 bits per heavy atom. The van der Waals surface area contributed by atoms with Crippen LogP contribution in [0.1, 0.15) is 37.1 Å². The number of aryl methyl sites for hydroxylation is 1. The van der Waals surface area contributed by atoms with Gasteiger partial charge in [0.1, 0.15) is 11.6 Å². The lowest BCUT2D eigenvalue weighted by atomic mass is 9.85. The minimum Gasteiger partial charge on any atom is -0.310 e. The predicted molar refractivity (Wildman–Crippen MR) is 84.7 cm³/mol. The number of nitrogens with zero attached hydrogens (tertiary/aromatic N) is 3. The highest BCUT2D eigenvalue weighted by molar-refractivity contribution is 5.27. The topological polar surface area (TPSA) is 42.7 Å². The van der Waals surface area contributed by atoms with Crippen LogP contribution >= 0.6 is 0 Å². The van der Waals surface area contributed by atoms with Gasteiger partial charge in [0.05, 0.1) is 5.92 Å². The molecule has 7 heteroatoms. The molecule has 3 rings (SSSR count). The first-order valence-corrected chi connectivity index (χ1v) is 8.19. The predicted octanol–water partition coefficient (Wildman–Crippen LogP) is 3.79. The van der Waals surface area contributed by atoms with Crippen LogP contribution in [-0.2, 0) is 6.54 Å². The van der Waals surface area contributed by atoms with E-state index < -0.39 is 12.1 Å². The normalized spacial score (nSPS) is 21.8. The van der Waals surface area contributed by atoms with E-state index in [0.29, 0.717) is 13.0 Å². The second kappa shape index (κ2) is 6.93. The molecule has 4 nitrogen and oxygen atoms in total. The molecule has 130 valence electrons. The van der Waals surface area contributed by atoms with Gasteiger partial charge in [0, 0.05) is 31.2 Å². The van der Waals surface area contributed by atoms with E-state index in [4.69, 9.17) is 0 Å². The number of hydrogen-bond acceptors (Lipinski definition) is 3. The number of pyridine rings is 1. The van der Waals surface area contributed by atoms with Crippen molar-refractivity contribution in [3.8, 4) is 5.82 Å². The molecule has 24 heavy (non-hydrogen) atoms. The van der Waals surface area contributed by atoms with E-state index in [1.165, 1.54) is 0 Å². The number of nitrogens with one attached hydrogen (secondary N) is 1. The lowest BCUT2D eigenvalue weighted by Gasteiger charge is -2.31. The molecule has 0 aromatic carbocycles. The minimum absolute atomic E-state index is 0.0825. The largest absolute Gasteiger partial charge is 0.391 e. The summed E-state index contributed by atoms with van der Waals surface area (Å²) < 4.78 is 40.4. The molecular formula is C17H21F3N4. The van der Waals surface area contributed by atoms with E-state index in [0.717, 1.165) is 23.6 Å². The van der Waals surface area contributed by atoms with Gasteiger partial charge in [0.25, 0.3) is 0 Å². The maximum atomic E-state index is 12.8. The van der Waals surface area contributed by atoms with E-state index in [1.54, 1.807) is 12.4 Å². The van der Waals surface area contributed by atoms with Crippen LogP contribution in [0, 0.1) is 12.8 Å². The highest BCUT2D eigenvalue weighted by Gasteiger charge is 2.41. The molecule has 2 heterocycles. The van der Waals surface area contributed by atoms with E-state index >= 15 is 0 Å². The molecule has 1 fully saturated rings. The van der Waals surface area contributed by atoms with Crippen LogP contribution in [-0.4, -0.2) is 26.8 Å². The van der Waals surface area contributed by atoms with E-state index in [1.807, 2.05) is 29.8 Å². The van der Waals surface area contributed by atoms with Crippen molar-refractivity contribution < 1.29 is 13.2 Å². The van der Waals surface area contributed by atoms with Gasteiger partial charge in [0.2, 0.25) is 0 Å². The Morgan fingerprint density at radius 3 is 2.71 bits per heavy atom. The first kappa shape index (κ1) is 17.0. The molecule has 0 unspecified atom stereocenters. The molecule has 1 saturated carbocycles. The Morgan fingerprint density at radius 2 is 2.08 bits per heavy atom. The molecule has 0 saturated heterocycles. The van der Waals surface area contributed by atoms with Crippen molar-refractivity contribution in [1.29, 1.82) is 0 Å². The summed E-state index contributed by atoms with van der Waals surface area (Å²) in [6, 6.07) is 3.75. The summed E-state index contributed by atoms with van der Waals surface area (Å²) in [6.45, 7) is 2.43. The molecule has 1 N–H and O–H groups in total. The third-order valence-electron chi connectivity index (χ3n) is 4.61. The molecule has 2 aromatic heterocycles. The number of imidazole rings is 1. The monoisotopic (exact) mass is 338 g/mol. The first-order chi connectivity index (χ1) is 11.4. The molecule has 0 radical (unpaired) electrons. The number of halogens is 3. The highest BCUT2D eigenvalue weighted by Crippen LogP contribution is 2.37. The van der Waals surface area contributed by atoms with E-state index in [2.05, 4.69) is 15.3 Å². The fraction of sp³-hybridized carbons (Fsp3) is 0.529. The molecule has 2 atom stereocenters. The van der Waals surface area contributed by atoms with E-state index in [-0.39, 0.29) is 18.9 Å². The maximum absolute atomic E-state index is 12.8. The zero-order chi connectivity index (χ0) is 17.2. The smallest absolute Gasteiger partial charge is 0.310 e. The Bertz CT molecular complexity index is 663. The van der Waals surface area contributed by atoms with Gasteiger partial charge in [-0.15, -0.1) is 0 Å². The first-order valence-electron chi connectivity index (χ1n) is 8.19. The van der Waals surface area contributed by atoms with Gasteiger partial charge in [-0.1, -0.05) is 12.5 Å². The number of rotatable bonds is 4. The zero-order valence-corrected chi connectivity index (χ0v) is 13.6. The average Bonchev–Trinajstić information content (AvgIpc) is 2.99. The SMILES string of the molecule is Cc1nccn1-c1ccc(CN[C@@H]2CCC[C@H](C(F)(F)F)C2)cn1. The van der Waals surface area contributed by atoms with Crippen LogP contribution in [0.15, 0.2) is 30.7 Å². The van der Waals surface area contributed by atoms with Crippen LogP contribution in [0.5, 0.6) is 0 Å². The van der Waals surface area contributed by atoms with Crippen molar-refractivity contribution in [2.45, 2.75) is 51.4 Å². The molecular weight excluding hydrogens is 317 g/mol. The van der Waals surface area contributed by atoms with Gasteiger partial charge in [-0.05, 0) is 37.8 Å². The van der Waals surface area contributed by atoms with Gasteiger partial charge in [-0.2, -0.15) is 13.2 Å². The van der Waals surface area contributed by atoms with Crippen LogP contribution < -0.4 is 5.32 Å². The number of aromatic nitrogens is 3. The summed E-state index contributed by atoms with van der Waals surface area (Å²) in [7, 11) is 0. The standard InChI is InChI=1S/C17H21F3N4/c1-12-21-7-8-24(12)16-6-5-13(11-23-16)10-22-15-4-2-3-14(9-15)17(18,19)20/h5-8,11,14-15,22H,2-4,9-10H2,1H3/t14-,15+/m0/s1. The quantitative estimate of drug-likeness (QED) is 0.922. The van der Waals surface area contributed by atoms with Crippen molar-refractivity contribution in [2.75, 3.05) is 0 Å². The summed E-state index contributed by atoms with van der Waals surface area (Å²) in [5, 5.41) is 3.25. The summed E-state index contributed by atoms with van der Waals surface area (Å²) in [4.78, 5) is 8.56. The van der Waals surface area contributed by atoms with Crippen molar-refractivity contribution in [3.05, 3.63) is 42.1 Å². The van der Waals surface area contributed by atoms with Crippen molar-refractivity contribution in [3.63, 3.8) is 0 Å². The Labute approximate surface area is 139 Å². The fourth-order valence-corrected chi connectivity index (χ4v) is 3.22. The molecule has 2 aromatic rings. The second-order valence-corrected chi connectivity index (χ2v) is 6.35. The summed E-state index contributed by atoms with van der Waals surface area (Å²) in [6.07, 6.45) is 3.08. The molecule has 0 spiro atoms. The van der Waals surface area contributed by atoms with Gasteiger partial charge in [-0.25, -0.2) is 9.97 Å².